The predicted octanol–water partition coefficient (Wildman–Crippen LogP) is 7.29. The number of nitrogens with zero attached hydrogens (tertiary/aromatic N) is 3. The summed E-state index contributed by atoms with van der Waals surface area (Å²) in [6.07, 6.45) is -0.837. The van der Waals surface area contributed by atoms with E-state index in [1.165, 1.54) is 5.56 Å². The van der Waals surface area contributed by atoms with Gasteiger partial charge in [-0.2, -0.15) is 0 Å². The van der Waals surface area contributed by atoms with Crippen LogP contribution in [0.2, 0.25) is 0 Å². The number of morpholine rings is 2. The quantitative estimate of drug-likeness (QED) is 0.0850. The van der Waals surface area contributed by atoms with Gasteiger partial charge in [-0.3, -0.25) is 24.2 Å². The van der Waals surface area contributed by atoms with Gasteiger partial charge >= 0.3 is 5.97 Å². The number of benzene rings is 6. The van der Waals surface area contributed by atoms with E-state index in [2.05, 4.69) is 44.4 Å². The Labute approximate surface area is 396 Å². The zero-order valence-electron chi connectivity index (χ0n) is 37.8. The van der Waals surface area contributed by atoms with E-state index in [0.29, 0.717) is 60.1 Å². The zero-order chi connectivity index (χ0) is 46.6. The van der Waals surface area contributed by atoms with Gasteiger partial charge in [-0.25, -0.2) is 0 Å². The van der Waals surface area contributed by atoms with Gasteiger partial charge in [-0.15, -0.1) is 0 Å². The van der Waals surface area contributed by atoms with Crippen LogP contribution in [0, 0.1) is 17.8 Å². The summed E-state index contributed by atoms with van der Waals surface area (Å²) in [5, 5.41) is 16.4. The highest BCUT2D eigenvalue weighted by Crippen LogP contribution is 2.65. The average molecular weight is 908 g/mol. The molecule has 344 valence electrons. The summed E-state index contributed by atoms with van der Waals surface area (Å²) < 4.78 is 18.5. The second-order valence-corrected chi connectivity index (χ2v) is 17.7. The van der Waals surface area contributed by atoms with E-state index >= 15 is 14.4 Å². The van der Waals surface area contributed by atoms with Crippen LogP contribution in [0.5, 0.6) is 5.75 Å². The van der Waals surface area contributed by atoms with Gasteiger partial charge in [0.15, 0.2) is 0 Å². The number of hydrogen-bond donors (Lipinski definition) is 3. The first-order chi connectivity index (χ1) is 33.3. The lowest BCUT2D eigenvalue weighted by molar-refractivity contribution is -0.177. The van der Waals surface area contributed by atoms with Gasteiger partial charge in [0.05, 0.1) is 44.4 Å². The number of cyclic esters (lactones) is 1. The SMILES string of the molecule is CN(CC#Cc1ccc2c(c1)[C@]1(C(=O)N2)[C@H](c2ccccc2OCCO)N2[C@H](c3ccccc3)[C@H](c3ccccc3)OC(=O)[C@H]2[C@@H]1C(=O)Nc1ccc(N2CCOCC2)cc1)Cc1ccccc1. The maximum Gasteiger partial charge on any atom is 0.324 e. The van der Waals surface area contributed by atoms with Crippen LogP contribution in [-0.2, 0) is 35.8 Å². The van der Waals surface area contributed by atoms with E-state index in [0.717, 1.165) is 29.9 Å². The van der Waals surface area contributed by atoms with E-state index in [1.807, 2.05) is 151 Å². The molecule has 12 heteroatoms. The summed E-state index contributed by atoms with van der Waals surface area (Å²) in [6.45, 7) is 3.66. The lowest BCUT2D eigenvalue weighted by atomic mass is 9.65. The number of aliphatic hydroxyl groups is 1. The van der Waals surface area contributed by atoms with Gasteiger partial charge in [0.2, 0.25) is 11.8 Å². The number of nitrogens with one attached hydrogen (secondary N) is 2. The van der Waals surface area contributed by atoms with Crippen molar-refractivity contribution in [2.45, 2.75) is 36.2 Å². The Kier molecular flexibility index (Phi) is 12.8. The largest absolute Gasteiger partial charge is 0.491 e. The second-order valence-electron chi connectivity index (χ2n) is 17.7. The van der Waals surface area contributed by atoms with Crippen LogP contribution in [0.15, 0.2) is 158 Å². The molecular weight excluding hydrogens is 855 g/mol. The Hall–Kier alpha value is -7.27. The molecule has 0 aliphatic carbocycles. The lowest BCUT2D eigenvalue weighted by Crippen LogP contribution is -2.53. The van der Waals surface area contributed by atoms with E-state index in [1.54, 1.807) is 6.07 Å². The molecule has 4 aliphatic rings. The van der Waals surface area contributed by atoms with Crippen LogP contribution >= 0.6 is 0 Å². The molecule has 3 N–H and O–H groups in total. The summed E-state index contributed by atoms with van der Waals surface area (Å²) in [7, 11) is 2.02. The number of amides is 2. The number of hydrogen-bond acceptors (Lipinski definition) is 10. The second kappa shape index (κ2) is 19.5. The van der Waals surface area contributed by atoms with E-state index in [9.17, 15) is 5.11 Å². The standard InChI is InChI=1S/C56H53N5O7/c1-59(37-39-14-5-2-6-15-39)29-13-16-38-23-28-46-45(36-38)56(55(65)58-46)48(53(63)57-42-24-26-43(27-25-42)60-30-33-66-34-31-60)50-54(64)68-51(41-19-9-4-10-20-41)49(40-17-7-3-8-18-40)61(50)52(56)44-21-11-12-22-47(44)67-35-32-62/h2-12,14-15,17-28,36,48-52,62H,29-35,37H2,1H3,(H,57,63)(H,58,65)/t48-,49-,50-,51+,52+,56-/m1/s1. The fourth-order valence-corrected chi connectivity index (χ4v) is 10.7. The number of anilines is 3. The van der Waals surface area contributed by atoms with Gasteiger partial charge in [0.25, 0.3) is 0 Å². The van der Waals surface area contributed by atoms with Crippen LogP contribution in [0.1, 0.15) is 51.6 Å². The maximum absolute atomic E-state index is 15.8. The van der Waals surface area contributed by atoms with Crippen LogP contribution in [0.25, 0.3) is 0 Å². The number of carbonyl (C=O) groups excluding carboxylic acids is 3. The van der Waals surface area contributed by atoms with Crippen molar-refractivity contribution in [3.05, 3.63) is 191 Å². The summed E-state index contributed by atoms with van der Waals surface area (Å²) in [4.78, 5) is 53.3. The van der Waals surface area contributed by atoms with Crippen molar-refractivity contribution in [2.75, 3.05) is 68.6 Å². The third kappa shape index (κ3) is 8.39. The Morgan fingerprint density at radius 3 is 2.24 bits per heavy atom. The molecule has 3 saturated heterocycles. The van der Waals surface area contributed by atoms with Gasteiger partial charge in [0.1, 0.15) is 29.9 Å². The predicted molar refractivity (Wildman–Crippen MR) is 260 cm³/mol. The van der Waals surface area contributed by atoms with E-state index in [4.69, 9.17) is 14.2 Å². The van der Waals surface area contributed by atoms with Gasteiger partial charge < -0.3 is 34.9 Å². The molecule has 0 aromatic heterocycles. The molecule has 0 radical (unpaired) electrons. The van der Waals surface area contributed by atoms with Gasteiger partial charge in [0, 0.05) is 47.8 Å². The summed E-state index contributed by atoms with van der Waals surface area (Å²) in [6, 6.07) is 47.2. The summed E-state index contributed by atoms with van der Waals surface area (Å²) in [5.74, 6) is 4.13. The van der Waals surface area contributed by atoms with Crippen LogP contribution in [0.4, 0.5) is 17.1 Å². The number of rotatable bonds is 12. The third-order valence-corrected chi connectivity index (χ3v) is 13.5. The van der Waals surface area contributed by atoms with Crippen molar-refractivity contribution in [3.8, 4) is 17.6 Å². The van der Waals surface area contributed by atoms with E-state index in [-0.39, 0.29) is 13.2 Å². The monoisotopic (exact) mass is 907 g/mol. The molecular formula is C56H53N5O7. The number of aliphatic hydroxyl groups excluding tert-OH is 1. The molecule has 0 unspecified atom stereocenters. The minimum Gasteiger partial charge on any atom is -0.491 e. The smallest absolute Gasteiger partial charge is 0.324 e. The molecule has 1 spiro atoms. The van der Waals surface area contributed by atoms with Crippen molar-refractivity contribution in [3.63, 3.8) is 0 Å². The normalized spacial score (nSPS) is 23.0. The van der Waals surface area contributed by atoms with Crippen molar-refractivity contribution < 1.29 is 33.7 Å². The Morgan fingerprint density at radius 1 is 0.838 bits per heavy atom. The number of fused-ring (bicyclic) bond motifs is 3. The van der Waals surface area contributed by atoms with Gasteiger partial charge in [-0.1, -0.05) is 121 Å². The number of carbonyl (C=O) groups is 3. The molecule has 10 rings (SSSR count). The summed E-state index contributed by atoms with van der Waals surface area (Å²) in [5.41, 5.74) is 4.74. The van der Waals surface area contributed by atoms with Crippen LogP contribution in [-0.4, -0.2) is 91.8 Å². The summed E-state index contributed by atoms with van der Waals surface area (Å²) >= 11 is 0. The number of para-hydroxylation sites is 1. The highest BCUT2D eigenvalue weighted by Gasteiger charge is 2.74. The Balaban J connectivity index is 1.16. The Bertz CT molecular complexity index is 2830. The first-order valence-electron chi connectivity index (χ1n) is 23.2. The van der Waals surface area contributed by atoms with Crippen molar-refractivity contribution >= 4 is 34.8 Å². The van der Waals surface area contributed by atoms with Crippen molar-refractivity contribution in [1.82, 2.24) is 9.80 Å². The molecule has 2 amide bonds. The molecule has 3 fully saturated rings. The molecule has 6 atom stereocenters. The molecule has 4 heterocycles. The first kappa shape index (κ1) is 44.6. The zero-order valence-corrected chi connectivity index (χ0v) is 37.8. The molecule has 4 aliphatic heterocycles. The van der Waals surface area contributed by atoms with Crippen molar-refractivity contribution in [2.24, 2.45) is 5.92 Å². The molecule has 0 saturated carbocycles. The maximum atomic E-state index is 15.8. The molecule has 68 heavy (non-hydrogen) atoms. The molecule has 6 aromatic rings. The van der Waals surface area contributed by atoms with Crippen LogP contribution < -0.4 is 20.3 Å². The van der Waals surface area contributed by atoms with Crippen molar-refractivity contribution in [1.29, 1.82) is 0 Å². The average Bonchev–Trinajstić information content (AvgIpc) is 3.85. The van der Waals surface area contributed by atoms with Gasteiger partial charge in [-0.05, 0) is 77.8 Å². The fourth-order valence-electron chi connectivity index (χ4n) is 10.7. The topological polar surface area (TPSA) is 133 Å². The first-order valence-corrected chi connectivity index (χ1v) is 23.2. The molecule has 12 nitrogen and oxygen atoms in total. The molecule has 0 bridgehead atoms. The third-order valence-electron chi connectivity index (χ3n) is 13.5. The minimum absolute atomic E-state index is 0.0252. The molecule has 6 aromatic carbocycles. The van der Waals surface area contributed by atoms with Crippen LogP contribution in [0.3, 0.4) is 0 Å². The fraction of sp³-hybridized carbons (Fsp3) is 0.268. The number of ether oxygens (including phenoxy) is 3. The highest BCUT2D eigenvalue weighted by atomic mass is 16.6. The van der Waals surface area contributed by atoms with E-state index < -0.39 is 53.3 Å². The lowest BCUT2D eigenvalue weighted by Gasteiger charge is -2.46. The number of esters is 1. The minimum atomic E-state index is -1.77. The Morgan fingerprint density at radius 2 is 1.51 bits per heavy atom. The highest BCUT2D eigenvalue weighted by molar-refractivity contribution is 6.13.